The molecule has 1 fully saturated rings. The maximum atomic E-state index is 6.11. The molecule has 18 heavy (non-hydrogen) atoms. The van der Waals surface area contributed by atoms with Gasteiger partial charge in [0.1, 0.15) is 5.75 Å². The van der Waals surface area contributed by atoms with Crippen LogP contribution >= 0.6 is 0 Å². The molecule has 2 rings (SSSR count). The monoisotopic (exact) mass is 248 g/mol. The van der Waals surface area contributed by atoms with Gasteiger partial charge in [0.05, 0.1) is 6.61 Å². The van der Waals surface area contributed by atoms with Crippen molar-refractivity contribution in [1.82, 2.24) is 4.90 Å². The van der Waals surface area contributed by atoms with E-state index in [-0.39, 0.29) is 0 Å². The lowest BCUT2D eigenvalue weighted by Gasteiger charge is -2.26. The van der Waals surface area contributed by atoms with Crippen LogP contribution in [0.25, 0.3) is 0 Å². The number of para-hydroxylation sites is 1. The van der Waals surface area contributed by atoms with Crippen molar-refractivity contribution in [1.29, 1.82) is 0 Å². The van der Waals surface area contributed by atoms with Crippen molar-refractivity contribution in [2.24, 2.45) is 11.7 Å². The summed E-state index contributed by atoms with van der Waals surface area (Å²) in [6.07, 6.45) is 0. The van der Waals surface area contributed by atoms with Gasteiger partial charge in [0.15, 0.2) is 0 Å². The summed E-state index contributed by atoms with van der Waals surface area (Å²) in [4.78, 5) is 2.45. The van der Waals surface area contributed by atoms with Gasteiger partial charge in [-0.3, -0.25) is 4.90 Å². The van der Waals surface area contributed by atoms with E-state index in [1.54, 1.807) is 0 Å². The third kappa shape index (κ3) is 2.68. The molecule has 1 aromatic rings. The fourth-order valence-electron chi connectivity index (χ4n) is 2.66. The van der Waals surface area contributed by atoms with Crippen LogP contribution in [-0.2, 0) is 0 Å². The van der Waals surface area contributed by atoms with Crippen LogP contribution in [0.3, 0.4) is 0 Å². The molecule has 3 nitrogen and oxygen atoms in total. The van der Waals surface area contributed by atoms with E-state index in [2.05, 4.69) is 36.9 Å². The largest absolute Gasteiger partial charge is 0.494 e. The number of likely N-dealkylation sites (tertiary alicyclic amines) is 1. The number of hydrogen-bond donors (Lipinski definition) is 1. The summed E-state index contributed by atoms with van der Waals surface area (Å²) in [6.45, 7) is 9.25. The molecule has 100 valence electrons. The number of nitrogens with zero attached hydrogens (tertiary/aromatic N) is 1. The van der Waals surface area contributed by atoms with Crippen LogP contribution in [0.5, 0.6) is 5.75 Å². The average molecular weight is 248 g/mol. The first-order valence-corrected chi connectivity index (χ1v) is 6.84. The summed E-state index contributed by atoms with van der Waals surface area (Å²) in [5, 5.41) is 0. The normalized spacial score (nSPS) is 26.2. The van der Waals surface area contributed by atoms with E-state index in [9.17, 15) is 0 Å². The molecule has 3 atom stereocenters. The quantitative estimate of drug-likeness (QED) is 0.889. The van der Waals surface area contributed by atoms with Crippen LogP contribution in [0.4, 0.5) is 0 Å². The number of hydrogen-bond acceptors (Lipinski definition) is 3. The van der Waals surface area contributed by atoms with Gasteiger partial charge in [-0.1, -0.05) is 25.1 Å². The summed E-state index contributed by atoms with van der Waals surface area (Å²) in [5.74, 6) is 1.58. The van der Waals surface area contributed by atoms with E-state index in [0.717, 1.165) is 18.8 Å². The van der Waals surface area contributed by atoms with Crippen molar-refractivity contribution < 1.29 is 4.74 Å². The Bertz CT molecular complexity index is 384. The highest BCUT2D eigenvalue weighted by Crippen LogP contribution is 2.32. The Hall–Kier alpha value is -1.06. The van der Waals surface area contributed by atoms with Crippen molar-refractivity contribution in [2.75, 3.05) is 19.7 Å². The number of nitrogens with two attached hydrogens (primary N) is 1. The molecule has 3 unspecified atom stereocenters. The van der Waals surface area contributed by atoms with Crippen LogP contribution in [-0.4, -0.2) is 30.6 Å². The van der Waals surface area contributed by atoms with Crippen molar-refractivity contribution in [3.05, 3.63) is 29.8 Å². The predicted molar refractivity (Wildman–Crippen MR) is 74.7 cm³/mol. The maximum absolute atomic E-state index is 6.11. The van der Waals surface area contributed by atoms with Crippen LogP contribution in [0.1, 0.15) is 32.4 Å². The first-order valence-electron chi connectivity index (χ1n) is 6.84. The number of ether oxygens (including phenoxy) is 1. The summed E-state index contributed by atoms with van der Waals surface area (Å²) < 4.78 is 5.71. The molecule has 0 bridgehead atoms. The molecule has 1 aliphatic heterocycles. The summed E-state index contributed by atoms with van der Waals surface area (Å²) in [6, 6.07) is 8.97. The van der Waals surface area contributed by atoms with E-state index in [1.165, 1.54) is 5.56 Å². The molecule has 0 spiro atoms. The Morgan fingerprint density at radius 2 is 2.11 bits per heavy atom. The van der Waals surface area contributed by atoms with Gasteiger partial charge in [-0.05, 0) is 25.8 Å². The molecule has 0 aliphatic carbocycles. The van der Waals surface area contributed by atoms with Crippen molar-refractivity contribution in [2.45, 2.75) is 32.9 Å². The zero-order chi connectivity index (χ0) is 13.1. The van der Waals surface area contributed by atoms with Crippen molar-refractivity contribution in [3.63, 3.8) is 0 Å². The summed E-state index contributed by atoms with van der Waals surface area (Å²) in [5.41, 5.74) is 7.37. The Balaban J connectivity index is 2.16. The Kier molecular flexibility index (Phi) is 4.25. The van der Waals surface area contributed by atoms with Gasteiger partial charge in [0.2, 0.25) is 0 Å². The van der Waals surface area contributed by atoms with Gasteiger partial charge < -0.3 is 10.5 Å². The molecular weight excluding hydrogens is 224 g/mol. The molecule has 2 N–H and O–H groups in total. The molecule has 0 saturated carbocycles. The first kappa shape index (κ1) is 13.4. The maximum Gasteiger partial charge on any atom is 0.124 e. The van der Waals surface area contributed by atoms with E-state index < -0.39 is 0 Å². The number of rotatable bonds is 4. The molecule has 1 aliphatic rings. The zero-order valence-corrected chi connectivity index (χ0v) is 11.6. The SMILES string of the molecule is CCOc1ccccc1C(C)N1CC(C)C(N)C1. The second-order valence-corrected chi connectivity index (χ2v) is 5.24. The van der Waals surface area contributed by atoms with E-state index in [4.69, 9.17) is 10.5 Å². The fourth-order valence-corrected chi connectivity index (χ4v) is 2.66. The van der Waals surface area contributed by atoms with Gasteiger partial charge in [-0.15, -0.1) is 0 Å². The second-order valence-electron chi connectivity index (χ2n) is 5.24. The van der Waals surface area contributed by atoms with E-state index >= 15 is 0 Å². The third-order valence-corrected chi connectivity index (χ3v) is 3.92. The van der Waals surface area contributed by atoms with E-state index in [1.807, 2.05) is 13.0 Å². The molecule has 1 aromatic carbocycles. The molecule has 0 amide bonds. The molecular formula is C15H24N2O. The molecule has 1 heterocycles. The van der Waals surface area contributed by atoms with Crippen LogP contribution in [0.15, 0.2) is 24.3 Å². The van der Waals surface area contributed by atoms with Gasteiger partial charge in [0.25, 0.3) is 0 Å². The second kappa shape index (κ2) is 5.72. The summed E-state index contributed by atoms with van der Waals surface area (Å²) in [7, 11) is 0. The minimum atomic E-state index is 0.298. The van der Waals surface area contributed by atoms with Gasteiger partial charge in [-0.25, -0.2) is 0 Å². The lowest BCUT2D eigenvalue weighted by molar-refractivity contribution is 0.243. The molecule has 1 saturated heterocycles. The van der Waals surface area contributed by atoms with Crippen molar-refractivity contribution >= 4 is 0 Å². The highest BCUT2D eigenvalue weighted by Gasteiger charge is 2.30. The Morgan fingerprint density at radius 1 is 1.39 bits per heavy atom. The highest BCUT2D eigenvalue weighted by molar-refractivity contribution is 5.35. The Labute approximate surface area is 110 Å². The minimum Gasteiger partial charge on any atom is -0.494 e. The van der Waals surface area contributed by atoms with Gasteiger partial charge >= 0.3 is 0 Å². The van der Waals surface area contributed by atoms with Crippen LogP contribution in [0.2, 0.25) is 0 Å². The average Bonchev–Trinajstić information content (AvgIpc) is 2.70. The standard InChI is InChI=1S/C15H24N2O/c1-4-18-15-8-6-5-7-13(15)12(3)17-9-11(2)14(16)10-17/h5-8,11-12,14H,4,9-10,16H2,1-3H3. The predicted octanol–water partition coefficient (Wildman–Crippen LogP) is 2.43. The lowest BCUT2D eigenvalue weighted by atomic mass is 10.1. The molecule has 0 radical (unpaired) electrons. The molecule has 3 heteroatoms. The van der Waals surface area contributed by atoms with Crippen LogP contribution in [0, 0.1) is 5.92 Å². The zero-order valence-electron chi connectivity index (χ0n) is 11.6. The fraction of sp³-hybridized carbons (Fsp3) is 0.600. The number of benzene rings is 1. The van der Waals surface area contributed by atoms with E-state index in [0.29, 0.717) is 24.6 Å². The Morgan fingerprint density at radius 3 is 2.72 bits per heavy atom. The molecule has 0 aromatic heterocycles. The van der Waals surface area contributed by atoms with Gasteiger partial charge in [-0.2, -0.15) is 0 Å². The minimum absolute atomic E-state index is 0.298. The summed E-state index contributed by atoms with van der Waals surface area (Å²) >= 11 is 0. The lowest BCUT2D eigenvalue weighted by Crippen LogP contribution is -2.30. The topological polar surface area (TPSA) is 38.5 Å². The van der Waals surface area contributed by atoms with Crippen LogP contribution < -0.4 is 10.5 Å². The van der Waals surface area contributed by atoms with Gasteiger partial charge in [0, 0.05) is 30.7 Å². The first-order chi connectivity index (χ1) is 8.63. The van der Waals surface area contributed by atoms with Crippen molar-refractivity contribution in [3.8, 4) is 5.75 Å². The highest BCUT2D eigenvalue weighted by atomic mass is 16.5. The third-order valence-electron chi connectivity index (χ3n) is 3.92. The smallest absolute Gasteiger partial charge is 0.124 e.